The van der Waals surface area contributed by atoms with Gasteiger partial charge in [-0.15, -0.1) is 0 Å². The van der Waals surface area contributed by atoms with Gasteiger partial charge in [0.25, 0.3) is 5.91 Å². The highest BCUT2D eigenvalue weighted by atomic mass is 32.2. The topological polar surface area (TPSA) is 72.6 Å². The van der Waals surface area contributed by atoms with E-state index in [-0.39, 0.29) is 5.97 Å². The fourth-order valence-electron chi connectivity index (χ4n) is 1.28. The maximum Gasteiger partial charge on any atom is 0.335 e. The second-order valence-electron chi connectivity index (χ2n) is 3.04. The van der Waals surface area contributed by atoms with E-state index in [4.69, 9.17) is 10.5 Å². The monoisotopic (exact) mass is 242 g/mol. The maximum atomic E-state index is 11.5. The lowest BCUT2D eigenvalue weighted by atomic mass is 10.1. The largest absolute Gasteiger partial charge is 0.463 e. The zero-order valence-electron chi connectivity index (χ0n) is 9.23. The van der Waals surface area contributed by atoms with Crippen LogP contribution in [0.1, 0.15) is 13.3 Å². The molecule has 0 saturated heterocycles. The Kier molecular flexibility index (Phi) is 4.42. The number of nitrogens with two attached hydrogens (primary N) is 1. The van der Waals surface area contributed by atoms with Gasteiger partial charge in [-0.25, -0.2) is 4.79 Å². The number of esters is 1. The van der Waals surface area contributed by atoms with Gasteiger partial charge in [0.15, 0.2) is 0 Å². The SMILES string of the molecule is CCOC(=O)C1=CN(SC)C(C(N)=O)=CC1. The first-order chi connectivity index (χ1) is 7.60. The summed E-state index contributed by atoms with van der Waals surface area (Å²) in [6, 6.07) is 0. The van der Waals surface area contributed by atoms with Gasteiger partial charge in [0.2, 0.25) is 0 Å². The number of hydrogen-bond acceptors (Lipinski definition) is 5. The molecular formula is C10H14N2O3S. The molecule has 0 aromatic carbocycles. The molecule has 0 aromatic heterocycles. The van der Waals surface area contributed by atoms with Crippen LogP contribution in [0, 0.1) is 0 Å². The van der Waals surface area contributed by atoms with E-state index < -0.39 is 5.91 Å². The molecule has 0 aliphatic carbocycles. The summed E-state index contributed by atoms with van der Waals surface area (Å²) in [5, 5.41) is 0. The second kappa shape index (κ2) is 5.60. The van der Waals surface area contributed by atoms with Crippen molar-refractivity contribution in [3.05, 3.63) is 23.5 Å². The van der Waals surface area contributed by atoms with E-state index in [2.05, 4.69) is 0 Å². The summed E-state index contributed by atoms with van der Waals surface area (Å²) in [7, 11) is 0. The Morgan fingerprint density at radius 1 is 1.62 bits per heavy atom. The number of carbonyl (C=O) groups is 2. The second-order valence-corrected chi connectivity index (χ2v) is 3.80. The van der Waals surface area contributed by atoms with E-state index in [9.17, 15) is 9.59 Å². The highest BCUT2D eigenvalue weighted by molar-refractivity contribution is 7.96. The number of rotatable bonds is 4. The zero-order valence-corrected chi connectivity index (χ0v) is 10.0. The Labute approximate surface area is 98.4 Å². The molecule has 1 aliphatic rings. The fraction of sp³-hybridized carbons (Fsp3) is 0.400. The van der Waals surface area contributed by atoms with Crippen molar-refractivity contribution < 1.29 is 14.3 Å². The van der Waals surface area contributed by atoms with E-state index in [0.29, 0.717) is 24.3 Å². The molecule has 5 nitrogen and oxygen atoms in total. The van der Waals surface area contributed by atoms with Crippen molar-refractivity contribution in [1.82, 2.24) is 4.31 Å². The minimum atomic E-state index is -0.506. The summed E-state index contributed by atoms with van der Waals surface area (Å²) in [6.07, 6.45) is 5.38. The molecule has 88 valence electrons. The van der Waals surface area contributed by atoms with Gasteiger partial charge in [0, 0.05) is 18.9 Å². The number of carbonyl (C=O) groups excluding carboxylic acids is 2. The molecule has 1 aliphatic heterocycles. The lowest BCUT2D eigenvalue weighted by Crippen LogP contribution is -2.26. The summed E-state index contributed by atoms with van der Waals surface area (Å²) >= 11 is 1.30. The lowest BCUT2D eigenvalue weighted by Gasteiger charge is -2.23. The first kappa shape index (κ1) is 12.6. The van der Waals surface area contributed by atoms with Crippen LogP contribution in [-0.2, 0) is 14.3 Å². The lowest BCUT2D eigenvalue weighted by molar-refractivity contribution is -0.138. The van der Waals surface area contributed by atoms with Crippen LogP contribution in [0.2, 0.25) is 0 Å². The van der Waals surface area contributed by atoms with Gasteiger partial charge in [-0.3, -0.25) is 9.10 Å². The van der Waals surface area contributed by atoms with Gasteiger partial charge in [0.05, 0.1) is 12.2 Å². The van der Waals surface area contributed by atoms with Crippen molar-refractivity contribution in [1.29, 1.82) is 0 Å². The van der Waals surface area contributed by atoms with Gasteiger partial charge in [0.1, 0.15) is 5.70 Å². The van der Waals surface area contributed by atoms with Crippen molar-refractivity contribution in [2.75, 3.05) is 12.9 Å². The molecule has 6 heteroatoms. The summed E-state index contributed by atoms with van der Waals surface area (Å²) in [5.41, 5.74) is 6.11. The van der Waals surface area contributed by atoms with Crippen LogP contribution < -0.4 is 5.73 Å². The quantitative estimate of drug-likeness (QED) is 0.582. The van der Waals surface area contributed by atoms with E-state index in [1.165, 1.54) is 11.9 Å². The zero-order chi connectivity index (χ0) is 12.1. The Morgan fingerprint density at radius 3 is 2.81 bits per heavy atom. The van der Waals surface area contributed by atoms with Crippen molar-refractivity contribution in [2.45, 2.75) is 13.3 Å². The molecule has 0 fully saturated rings. The van der Waals surface area contributed by atoms with Crippen LogP contribution >= 0.6 is 11.9 Å². The van der Waals surface area contributed by atoms with E-state index in [0.717, 1.165) is 0 Å². The molecule has 0 aromatic rings. The molecule has 0 radical (unpaired) electrons. The van der Waals surface area contributed by atoms with Crippen molar-refractivity contribution in [3.8, 4) is 0 Å². The molecule has 0 bridgehead atoms. The summed E-state index contributed by atoms with van der Waals surface area (Å²) in [6.45, 7) is 2.08. The van der Waals surface area contributed by atoms with Gasteiger partial charge in [-0.1, -0.05) is 0 Å². The third-order valence-corrected chi connectivity index (χ3v) is 2.71. The maximum absolute atomic E-state index is 11.5. The van der Waals surface area contributed by atoms with Crippen LogP contribution in [0.15, 0.2) is 23.5 Å². The number of allylic oxidation sites excluding steroid dienone is 1. The minimum Gasteiger partial charge on any atom is -0.463 e. The molecule has 1 rings (SSSR count). The molecule has 1 amide bonds. The highest BCUT2D eigenvalue weighted by Gasteiger charge is 2.21. The number of amides is 1. The van der Waals surface area contributed by atoms with E-state index >= 15 is 0 Å². The number of nitrogens with zero attached hydrogens (tertiary/aromatic N) is 1. The molecule has 1 heterocycles. The highest BCUT2D eigenvalue weighted by Crippen LogP contribution is 2.24. The van der Waals surface area contributed by atoms with E-state index in [1.807, 2.05) is 0 Å². The van der Waals surface area contributed by atoms with Crippen LogP contribution in [0.25, 0.3) is 0 Å². The van der Waals surface area contributed by atoms with Crippen LogP contribution in [0.4, 0.5) is 0 Å². The molecule has 0 atom stereocenters. The van der Waals surface area contributed by atoms with Crippen LogP contribution in [0.3, 0.4) is 0 Å². The average Bonchev–Trinajstić information content (AvgIpc) is 2.28. The molecule has 2 N–H and O–H groups in total. The minimum absolute atomic E-state index is 0.335. The van der Waals surface area contributed by atoms with Crippen molar-refractivity contribution in [2.24, 2.45) is 5.73 Å². The smallest absolute Gasteiger partial charge is 0.335 e. The molecule has 0 saturated carbocycles. The normalized spacial score (nSPS) is 15.2. The van der Waals surface area contributed by atoms with Crippen LogP contribution in [0.5, 0.6) is 0 Å². The Hall–Kier alpha value is -1.43. The summed E-state index contributed by atoms with van der Waals surface area (Å²) < 4.78 is 6.45. The molecule has 16 heavy (non-hydrogen) atoms. The Morgan fingerprint density at radius 2 is 2.31 bits per heavy atom. The molecule has 0 spiro atoms. The van der Waals surface area contributed by atoms with Crippen molar-refractivity contribution in [3.63, 3.8) is 0 Å². The van der Waals surface area contributed by atoms with Gasteiger partial charge >= 0.3 is 5.97 Å². The number of hydrogen-bond donors (Lipinski definition) is 1. The average molecular weight is 242 g/mol. The molecule has 0 unspecified atom stereocenters. The number of ether oxygens (including phenoxy) is 1. The molecular weight excluding hydrogens is 228 g/mol. The fourth-order valence-corrected chi connectivity index (χ4v) is 1.87. The standard InChI is InChI=1S/C10H14N2O3S/c1-3-15-10(14)7-4-5-8(9(11)13)12(6-7)16-2/h5-6H,3-4H2,1-2H3,(H2,11,13). The third-order valence-electron chi connectivity index (χ3n) is 2.01. The summed E-state index contributed by atoms with van der Waals surface area (Å²) in [4.78, 5) is 22.5. The third kappa shape index (κ3) is 2.79. The Balaban J connectivity index is 2.81. The van der Waals surface area contributed by atoms with Gasteiger partial charge in [-0.05, 0) is 24.9 Å². The Bertz CT molecular complexity index is 363. The first-order valence-electron chi connectivity index (χ1n) is 4.81. The van der Waals surface area contributed by atoms with Crippen LogP contribution in [-0.4, -0.2) is 29.0 Å². The number of primary amides is 1. The summed E-state index contributed by atoms with van der Waals surface area (Å²) in [5.74, 6) is -0.866. The predicted molar refractivity (Wildman–Crippen MR) is 62.0 cm³/mol. The van der Waals surface area contributed by atoms with Gasteiger partial charge in [-0.2, -0.15) is 0 Å². The van der Waals surface area contributed by atoms with E-state index in [1.54, 1.807) is 29.8 Å². The van der Waals surface area contributed by atoms with Gasteiger partial charge < -0.3 is 10.5 Å². The first-order valence-corrected chi connectivity index (χ1v) is 5.99. The predicted octanol–water partition coefficient (Wildman–Crippen LogP) is 0.786. The van der Waals surface area contributed by atoms with Crippen molar-refractivity contribution >= 4 is 23.8 Å².